The molecule has 0 atom stereocenters. The number of aromatic nitrogens is 1. The highest BCUT2D eigenvalue weighted by atomic mass is 16.5. The average molecular weight is 421 g/mol. The number of rotatable bonds is 11. The van der Waals surface area contributed by atoms with Crippen molar-refractivity contribution in [3.8, 4) is 11.5 Å². The molecule has 6 nitrogen and oxygen atoms in total. The van der Waals surface area contributed by atoms with Crippen molar-refractivity contribution >= 4 is 5.96 Å². The van der Waals surface area contributed by atoms with Crippen LogP contribution >= 0.6 is 0 Å². The number of hydrogen-bond donors (Lipinski definition) is 2. The second-order valence-electron chi connectivity index (χ2n) is 7.38. The number of oxazole rings is 1. The maximum atomic E-state index is 5.73. The van der Waals surface area contributed by atoms with Crippen molar-refractivity contribution in [1.82, 2.24) is 15.6 Å². The molecule has 3 aromatic rings. The summed E-state index contributed by atoms with van der Waals surface area (Å²) < 4.78 is 11.3. The van der Waals surface area contributed by atoms with Gasteiger partial charge < -0.3 is 19.8 Å². The maximum absolute atomic E-state index is 5.73. The second kappa shape index (κ2) is 12.5. The standard InChI is InChI=1S/C25H32N4O2/c1-3-26-25(27-15-7-8-16-30-18-21-9-5-4-6-10-21)28-17-23-19-31-24(29-23)22-13-11-20(2)12-14-22/h4-6,9-14,19H,3,7-8,15-18H2,1-2H3,(H2,26,27,28). The van der Waals surface area contributed by atoms with Crippen molar-refractivity contribution in [2.75, 3.05) is 19.7 Å². The van der Waals surface area contributed by atoms with Crippen LogP contribution in [-0.2, 0) is 17.9 Å². The first-order chi connectivity index (χ1) is 15.2. The Kier molecular flexibility index (Phi) is 9.13. The van der Waals surface area contributed by atoms with Gasteiger partial charge >= 0.3 is 0 Å². The lowest BCUT2D eigenvalue weighted by Crippen LogP contribution is -2.37. The van der Waals surface area contributed by atoms with E-state index in [9.17, 15) is 0 Å². The van der Waals surface area contributed by atoms with E-state index in [-0.39, 0.29) is 0 Å². The number of ether oxygens (including phenoxy) is 1. The van der Waals surface area contributed by atoms with E-state index in [0.29, 0.717) is 19.0 Å². The van der Waals surface area contributed by atoms with Gasteiger partial charge in [0.15, 0.2) is 5.96 Å². The maximum Gasteiger partial charge on any atom is 0.226 e. The van der Waals surface area contributed by atoms with E-state index >= 15 is 0 Å². The number of benzene rings is 2. The summed E-state index contributed by atoms with van der Waals surface area (Å²) in [6.07, 6.45) is 3.69. The summed E-state index contributed by atoms with van der Waals surface area (Å²) in [5.74, 6) is 1.41. The molecule has 0 saturated carbocycles. The molecule has 31 heavy (non-hydrogen) atoms. The number of aryl methyl sites for hydroxylation is 1. The van der Waals surface area contributed by atoms with Crippen molar-refractivity contribution in [3.63, 3.8) is 0 Å². The number of nitrogens with zero attached hydrogens (tertiary/aromatic N) is 2. The van der Waals surface area contributed by atoms with Crippen LogP contribution in [0.15, 0.2) is 70.3 Å². The van der Waals surface area contributed by atoms with E-state index in [4.69, 9.17) is 9.15 Å². The highest BCUT2D eigenvalue weighted by molar-refractivity contribution is 5.79. The molecule has 0 spiro atoms. The van der Waals surface area contributed by atoms with Crippen LogP contribution in [0.4, 0.5) is 0 Å². The fraction of sp³-hybridized carbons (Fsp3) is 0.360. The van der Waals surface area contributed by atoms with Gasteiger partial charge in [-0.05, 0) is 44.4 Å². The summed E-state index contributed by atoms with van der Waals surface area (Å²) in [6.45, 7) is 7.65. The number of nitrogens with one attached hydrogen (secondary N) is 2. The van der Waals surface area contributed by atoms with Crippen LogP contribution in [0.5, 0.6) is 0 Å². The van der Waals surface area contributed by atoms with Crippen LogP contribution in [0.25, 0.3) is 11.5 Å². The predicted octanol–water partition coefficient (Wildman–Crippen LogP) is 4.70. The average Bonchev–Trinajstić information content (AvgIpc) is 3.27. The largest absolute Gasteiger partial charge is 0.444 e. The van der Waals surface area contributed by atoms with Gasteiger partial charge in [0, 0.05) is 25.3 Å². The summed E-state index contributed by atoms with van der Waals surface area (Å²) in [5.41, 5.74) is 4.20. The van der Waals surface area contributed by atoms with Gasteiger partial charge in [-0.1, -0.05) is 48.0 Å². The van der Waals surface area contributed by atoms with Crippen molar-refractivity contribution in [2.24, 2.45) is 4.99 Å². The molecule has 0 bridgehead atoms. The highest BCUT2D eigenvalue weighted by Gasteiger charge is 2.06. The molecule has 1 heterocycles. The Hall–Kier alpha value is -3.12. The molecule has 0 amide bonds. The Balaban J connectivity index is 1.38. The number of guanidine groups is 1. The summed E-state index contributed by atoms with van der Waals surface area (Å²) >= 11 is 0. The van der Waals surface area contributed by atoms with Crippen LogP contribution in [0.1, 0.15) is 36.6 Å². The van der Waals surface area contributed by atoms with Crippen LogP contribution in [0.2, 0.25) is 0 Å². The van der Waals surface area contributed by atoms with E-state index in [1.54, 1.807) is 6.26 Å². The number of aliphatic imine (C=N–C) groups is 1. The minimum absolute atomic E-state index is 0.463. The monoisotopic (exact) mass is 420 g/mol. The molecule has 6 heteroatoms. The predicted molar refractivity (Wildman–Crippen MR) is 125 cm³/mol. The first-order valence-electron chi connectivity index (χ1n) is 10.9. The van der Waals surface area contributed by atoms with Crippen LogP contribution in [0, 0.1) is 6.92 Å². The van der Waals surface area contributed by atoms with Crippen molar-refractivity contribution in [1.29, 1.82) is 0 Å². The zero-order chi connectivity index (χ0) is 21.7. The third-order valence-electron chi connectivity index (χ3n) is 4.71. The first-order valence-corrected chi connectivity index (χ1v) is 10.9. The van der Waals surface area contributed by atoms with Crippen molar-refractivity contribution in [3.05, 3.63) is 77.7 Å². The molecule has 1 aromatic heterocycles. The van der Waals surface area contributed by atoms with Crippen molar-refractivity contribution in [2.45, 2.75) is 39.8 Å². The first kappa shape index (κ1) is 22.6. The molecule has 3 rings (SSSR count). The number of hydrogen-bond acceptors (Lipinski definition) is 4. The lowest BCUT2D eigenvalue weighted by Gasteiger charge is -2.11. The Morgan fingerprint density at radius 3 is 2.61 bits per heavy atom. The Labute approximate surface area is 184 Å². The molecule has 0 aliphatic carbocycles. The van der Waals surface area contributed by atoms with E-state index < -0.39 is 0 Å². The van der Waals surface area contributed by atoms with Gasteiger partial charge in [0.2, 0.25) is 5.89 Å². The zero-order valence-electron chi connectivity index (χ0n) is 18.4. The lowest BCUT2D eigenvalue weighted by atomic mass is 10.1. The van der Waals surface area contributed by atoms with Gasteiger partial charge in [0.05, 0.1) is 13.2 Å². The highest BCUT2D eigenvalue weighted by Crippen LogP contribution is 2.19. The van der Waals surface area contributed by atoms with Gasteiger partial charge in [0.1, 0.15) is 12.0 Å². The molecule has 0 radical (unpaired) electrons. The molecule has 2 N–H and O–H groups in total. The molecule has 0 unspecified atom stereocenters. The summed E-state index contributed by atoms with van der Waals surface area (Å²) in [5, 5.41) is 6.64. The van der Waals surface area contributed by atoms with Gasteiger partial charge in [-0.15, -0.1) is 0 Å². The van der Waals surface area contributed by atoms with E-state index in [1.807, 2.05) is 30.3 Å². The van der Waals surface area contributed by atoms with Gasteiger partial charge in [-0.25, -0.2) is 9.98 Å². The van der Waals surface area contributed by atoms with Crippen LogP contribution in [0.3, 0.4) is 0 Å². The third-order valence-corrected chi connectivity index (χ3v) is 4.71. The third kappa shape index (κ3) is 7.90. The fourth-order valence-electron chi connectivity index (χ4n) is 3.01. The van der Waals surface area contributed by atoms with E-state index in [1.165, 1.54) is 11.1 Å². The van der Waals surface area contributed by atoms with E-state index in [2.05, 4.69) is 58.7 Å². The molecule has 2 aromatic carbocycles. The van der Waals surface area contributed by atoms with Gasteiger partial charge in [-0.2, -0.15) is 0 Å². The van der Waals surface area contributed by atoms with Crippen LogP contribution in [-0.4, -0.2) is 30.6 Å². The van der Waals surface area contributed by atoms with Gasteiger partial charge in [-0.3, -0.25) is 0 Å². The Morgan fingerprint density at radius 1 is 1.03 bits per heavy atom. The van der Waals surface area contributed by atoms with Crippen LogP contribution < -0.4 is 10.6 Å². The molecule has 0 saturated heterocycles. The minimum Gasteiger partial charge on any atom is -0.444 e. The molecular weight excluding hydrogens is 388 g/mol. The molecular formula is C25H32N4O2. The SMILES string of the molecule is CCNC(=NCc1coc(-c2ccc(C)cc2)n1)NCCCCOCc1ccccc1. The van der Waals surface area contributed by atoms with E-state index in [0.717, 1.165) is 49.8 Å². The topological polar surface area (TPSA) is 71.7 Å². The fourth-order valence-corrected chi connectivity index (χ4v) is 3.01. The molecule has 0 aliphatic rings. The van der Waals surface area contributed by atoms with Gasteiger partial charge in [0.25, 0.3) is 0 Å². The molecule has 0 fully saturated rings. The molecule has 0 aliphatic heterocycles. The smallest absolute Gasteiger partial charge is 0.226 e. The summed E-state index contributed by atoms with van der Waals surface area (Å²) in [7, 11) is 0. The Bertz CT molecular complexity index is 920. The summed E-state index contributed by atoms with van der Waals surface area (Å²) in [4.78, 5) is 9.17. The lowest BCUT2D eigenvalue weighted by molar-refractivity contribution is 0.117. The summed E-state index contributed by atoms with van der Waals surface area (Å²) in [6, 6.07) is 18.4. The number of unbranched alkanes of at least 4 members (excludes halogenated alkanes) is 1. The molecule has 164 valence electrons. The zero-order valence-corrected chi connectivity index (χ0v) is 18.4. The normalized spacial score (nSPS) is 11.5. The second-order valence-corrected chi connectivity index (χ2v) is 7.38. The quantitative estimate of drug-likeness (QED) is 0.267. The van der Waals surface area contributed by atoms with Crippen molar-refractivity contribution < 1.29 is 9.15 Å². The minimum atomic E-state index is 0.463. The Morgan fingerprint density at radius 2 is 1.84 bits per heavy atom.